The number of rotatable bonds is 25. The van der Waals surface area contributed by atoms with Crippen molar-refractivity contribution in [1.82, 2.24) is 90.9 Å². The van der Waals surface area contributed by atoms with Crippen molar-refractivity contribution in [1.29, 1.82) is 0 Å². The van der Waals surface area contributed by atoms with Gasteiger partial charge < -0.3 is 62.2 Å². The minimum absolute atomic E-state index is 0.0870. The van der Waals surface area contributed by atoms with Crippen LogP contribution in [0.2, 0.25) is 20.1 Å². The number of amides is 2. The molecule has 0 fully saturated rings. The lowest BCUT2D eigenvalue weighted by Crippen LogP contribution is -2.22. The van der Waals surface area contributed by atoms with Gasteiger partial charge in [-0.1, -0.05) is 113 Å². The summed E-state index contributed by atoms with van der Waals surface area (Å²) >= 11 is 24.8. The van der Waals surface area contributed by atoms with Crippen LogP contribution in [0.1, 0.15) is 71.3 Å². The van der Waals surface area contributed by atoms with E-state index in [1.165, 1.54) is 78.3 Å². The number of anilines is 16. The number of carbonyl (C=O) groups excluding carboxylic acids is 2. The number of H-pyrrole nitrogens is 4. The zero-order valence-electron chi connectivity index (χ0n) is 74.5. The van der Waals surface area contributed by atoms with Gasteiger partial charge >= 0.3 is 6.18 Å². The summed E-state index contributed by atoms with van der Waals surface area (Å²) in [5.74, 6) is 3.38. The average Bonchev–Trinajstić information content (AvgIpc) is 1.47. The molecular weight excluding hydrogens is 1850 g/mol. The molecular formula is C93H87Cl4F5N26O6S. The highest BCUT2D eigenvalue weighted by molar-refractivity contribution is 7.90. The number of hydrogen-bond donors (Lipinski definition) is 13. The van der Waals surface area contributed by atoms with Gasteiger partial charge in [-0.25, -0.2) is 37.1 Å². The second kappa shape index (κ2) is 42.4. The molecule has 16 aromatic rings. The van der Waals surface area contributed by atoms with Crippen molar-refractivity contribution >= 4 is 161 Å². The van der Waals surface area contributed by atoms with Gasteiger partial charge in [0.05, 0.1) is 72.2 Å². The van der Waals surface area contributed by atoms with E-state index in [1.54, 1.807) is 96.0 Å². The predicted octanol–water partition coefficient (Wildman–Crippen LogP) is 22.3. The van der Waals surface area contributed by atoms with E-state index in [4.69, 9.17) is 55.9 Å². The minimum Gasteiger partial charge on any atom is -0.495 e. The number of hydrogen-bond acceptors (Lipinski definition) is 26. The fourth-order valence-electron chi connectivity index (χ4n) is 13.5. The van der Waals surface area contributed by atoms with Gasteiger partial charge in [0.1, 0.15) is 43.2 Å². The summed E-state index contributed by atoms with van der Waals surface area (Å²) < 4.78 is 107. The highest BCUT2D eigenvalue weighted by atomic mass is 35.5. The standard InChI is InChI=1S/C24H23ClFN7O.C23H18ClF4N7O.C23H23ClN6O3S.C23H23ClN6O/c1-13-9-20(19(26)11-17(13)15-7-5-6-8-16(15)23(34)33(3)4)28-24-27-12-18(25)22(30-24)29-21-10-14(2)31-32-21;1-11-7-19(35-34-11)32-20-16(24)10-30-22(33-20)31-18-9-15(23(26,27)28)14(8-17(18)25)12-3-5-13(6-4-12)21(36)29-2;1-13-9-19(20(33-3)11-17(13)15-5-7-16(8-6-15)34(4,31)32)26-23-25-12-18(24)22(28-23)27-21-10-14(2)29-30-21;1-13-7-5-6-8-16(13)17-11-20(31-4)19(9-14(17)2)26-23-25-12-18(24)22(28-23)27-21-10-15(3)29-30-21/h5-12H,1-4H3,(H3,27,28,29,30,31,32);3-10H,1-2H3,(H,29,36)(H3,30,31,32,33,34,35);5-12H,1-4H3,(H3,25,26,27,28,29,30);5-12H,1-4H3,(H3,25,26,27,28,29,30). The van der Waals surface area contributed by atoms with Gasteiger partial charge in [-0.3, -0.25) is 30.0 Å². The summed E-state index contributed by atoms with van der Waals surface area (Å²) in [7, 11) is 4.75. The van der Waals surface area contributed by atoms with Gasteiger partial charge in [0, 0.05) is 85.6 Å². The number of carbonyl (C=O) groups is 2. The van der Waals surface area contributed by atoms with Gasteiger partial charge in [-0.15, -0.1) is 0 Å². The van der Waals surface area contributed by atoms with E-state index in [2.05, 4.69) is 154 Å². The molecule has 0 spiro atoms. The summed E-state index contributed by atoms with van der Waals surface area (Å²) in [5.41, 5.74) is 13.4. The van der Waals surface area contributed by atoms with Crippen molar-refractivity contribution < 1.29 is 49.4 Å². The Balaban J connectivity index is 0.000000153. The number of halogens is 9. The van der Waals surface area contributed by atoms with Crippen molar-refractivity contribution in [3.63, 3.8) is 0 Å². The first kappa shape index (κ1) is 97.2. The third kappa shape index (κ3) is 24.5. The number of ether oxygens (including phenoxy) is 2. The number of sulfone groups is 1. The maximum absolute atomic E-state index is 15.2. The van der Waals surface area contributed by atoms with Crippen LogP contribution in [-0.4, -0.2) is 147 Å². The molecule has 16 rings (SSSR count). The van der Waals surface area contributed by atoms with E-state index < -0.39 is 44.8 Å². The molecule has 0 saturated heterocycles. The lowest BCUT2D eigenvalue weighted by molar-refractivity contribution is -0.137. The third-order valence-corrected chi connectivity index (χ3v) is 22.4. The van der Waals surface area contributed by atoms with E-state index in [9.17, 15) is 35.6 Å². The van der Waals surface area contributed by atoms with Gasteiger partial charge in [0.2, 0.25) is 23.8 Å². The zero-order valence-corrected chi connectivity index (χ0v) is 78.4. The molecule has 0 aliphatic rings. The summed E-state index contributed by atoms with van der Waals surface area (Å²) in [6.45, 7) is 15.5. The largest absolute Gasteiger partial charge is 0.495 e. The molecule has 694 valence electrons. The molecule has 8 aromatic heterocycles. The Labute approximate surface area is 791 Å². The molecule has 0 radical (unpaired) electrons. The van der Waals surface area contributed by atoms with Crippen molar-refractivity contribution in [2.75, 3.05) is 84.2 Å². The zero-order chi connectivity index (χ0) is 96.9. The maximum atomic E-state index is 15.2. The third-order valence-electron chi connectivity index (χ3n) is 20.2. The number of nitrogens with one attached hydrogen (secondary N) is 13. The molecule has 0 unspecified atom stereocenters. The highest BCUT2D eigenvalue weighted by Gasteiger charge is 2.36. The Kier molecular flexibility index (Phi) is 30.5. The second-order valence-corrected chi connectivity index (χ2v) is 34.2. The Morgan fingerprint density at radius 1 is 0.407 bits per heavy atom. The Hall–Kier alpha value is -15.4. The van der Waals surface area contributed by atoms with Crippen LogP contribution in [0.4, 0.5) is 115 Å². The molecule has 0 atom stereocenters. The minimum atomic E-state index is -4.80. The molecule has 0 saturated carbocycles. The normalized spacial score (nSPS) is 11.0. The average molecular weight is 1930 g/mol. The molecule has 0 bridgehead atoms. The fourth-order valence-corrected chi connectivity index (χ4v) is 14.7. The van der Waals surface area contributed by atoms with Crippen LogP contribution in [0.15, 0.2) is 200 Å². The number of alkyl halides is 3. The van der Waals surface area contributed by atoms with Gasteiger partial charge in [0.25, 0.3) is 11.8 Å². The fraction of sp³-hybridized carbons (Fsp3) is 0.161. The van der Waals surface area contributed by atoms with Crippen LogP contribution >= 0.6 is 46.4 Å². The topological polar surface area (TPSA) is 416 Å². The van der Waals surface area contributed by atoms with Crippen molar-refractivity contribution in [3.05, 3.63) is 288 Å². The van der Waals surface area contributed by atoms with Gasteiger partial charge in [-0.2, -0.15) is 53.5 Å². The smallest absolute Gasteiger partial charge is 0.417 e. The first-order valence-electron chi connectivity index (χ1n) is 40.8. The molecule has 0 aliphatic heterocycles. The van der Waals surface area contributed by atoms with Gasteiger partial charge in [-0.05, 0) is 201 Å². The molecule has 8 aromatic carbocycles. The number of nitrogens with zero attached hydrogens (tertiary/aromatic N) is 13. The van der Waals surface area contributed by atoms with Crippen LogP contribution in [0, 0.1) is 67.0 Å². The van der Waals surface area contributed by atoms with E-state index >= 15 is 4.39 Å². The van der Waals surface area contributed by atoms with Crippen LogP contribution < -0.4 is 57.3 Å². The summed E-state index contributed by atoms with van der Waals surface area (Å²) in [6, 6.07) is 47.0. The Morgan fingerprint density at radius 2 is 0.756 bits per heavy atom. The molecule has 2 amide bonds. The van der Waals surface area contributed by atoms with Crippen molar-refractivity contribution in [2.24, 2.45) is 0 Å². The SMILES string of the molecule is CNC(=O)c1ccc(-c2cc(F)c(Nc3ncc(Cl)c(Nc4cc(C)[nH]n4)n3)cc2C(F)(F)F)cc1.COc1cc(-c2ccc(S(C)(=O)=O)cc2)c(C)cc1Nc1ncc(Cl)c(Nc2cc(C)[nH]n2)n1.COc1cc(-c2ccccc2C)c(C)cc1Nc1ncc(Cl)c(Nc2cc(C)[nH]n2)n1.Cc1cc(Nc2nc(Nc3cc(C)c(-c4ccccc4C(=O)N(C)C)cc3F)ncc2Cl)n[nH]1. The molecule has 32 nitrogen and oxygen atoms in total. The van der Waals surface area contributed by atoms with Crippen LogP contribution in [0.3, 0.4) is 0 Å². The molecule has 42 heteroatoms. The molecule has 0 aliphatic carbocycles. The first-order chi connectivity index (χ1) is 64.3. The first-order valence-corrected chi connectivity index (χ1v) is 44.2. The summed E-state index contributed by atoms with van der Waals surface area (Å²) in [5, 5.41) is 55.1. The van der Waals surface area contributed by atoms with E-state index in [0.717, 1.165) is 67.9 Å². The molecule has 13 N–H and O–H groups in total. The second-order valence-electron chi connectivity index (χ2n) is 30.6. The molecule has 135 heavy (non-hydrogen) atoms. The monoisotopic (exact) mass is 1930 g/mol. The number of aromatic amines is 4. The van der Waals surface area contributed by atoms with E-state index in [0.29, 0.717) is 108 Å². The van der Waals surface area contributed by atoms with Crippen LogP contribution in [-0.2, 0) is 16.0 Å². The van der Waals surface area contributed by atoms with Crippen LogP contribution in [0.5, 0.6) is 11.5 Å². The lowest BCUT2D eigenvalue weighted by Gasteiger charge is -2.17. The quantitative estimate of drug-likeness (QED) is 0.0236. The molecule has 8 heterocycles. The van der Waals surface area contributed by atoms with Crippen molar-refractivity contribution in [3.8, 4) is 56.0 Å². The number of benzene rings is 8. The maximum Gasteiger partial charge on any atom is 0.417 e. The Bertz CT molecular complexity index is 7170. The predicted molar refractivity (Wildman–Crippen MR) is 517 cm³/mol. The summed E-state index contributed by atoms with van der Waals surface area (Å²) in [4.78, 5) is 60.2. The Morgan fingerprint density at radius 3 is 1.13 bits per heavy atom. The van der Waals surface area contributed by atoms with Crippen LogP contribution in [0.25, 0.3) is 44.5 Å². The number of aromatic nitrogens is 16. The van der Waals surface area contributed by atoms with E-state index in [-0.39, 0.29) is 55.9 Å². The number of aryl methyl sites for hydroxylation is 8. The summed E-state index contributed by atoms with van der Waals surface area (Å²) in [6.07, 6.45) is 2.05. The van der Waals surface area contributed by atoms with E-state index in [1.807, 2.05) is 95.3 Å². The van der Waals surface area contributed by atoms with Crippen molar-refractivity contribution in [2.45, 2.75) is 66.5 Å². The van der Waals surface area contributed by atoms with Gasteiger partial charge in [0.15, 0.2) is 56.4 Å². The number of methoxy groups -OCH3 is 2. The highest BCUT2D eigenvalue weighted by Crippen LogP contribution is 2.44. The lowest BCUT2D eigenvalue weighted by atomic mass is 9.94.